The van der Waals surface area contributed by atoms with Crippen LogP contribution in [-0.2, 0) is 0 Å². The van der Waals surface area contributed by atoms with Crippen molar-refractivity contribution in [3.63, 3.8) is 0 Å². The second-order valence-electron chi connectivity index (χ2n) is 6.23. The number of hydrogen-bond donors (Lipinski definition) is 1. The number of benzene rings is 3. The minimum atomic E-state index is 0.0163. The molecule has 0 bridgehead atoms. The highest BCUT2D eigenvalue weighted by Crippen LogP contribution is 2.41. The van der Waals surface area contributed by atoms with Gasteiger partial charge in [0.25, 0.3) is 5.91 Å². The molecule has 1 saturated carbocycles. The molecule has 0 aromatic heterocycles. The molecule has 1 N–H and O–H groups in total. The van der Waals surface area contributed by atoms with Gasteiger partial charge in [-0.1, -0.05) is 66.7 Å². The van der Waals surface area contributed by atoms with Gasteiger partial charge in [-0.25, -0.2) is 0 Å². The molecule has 23 heavy (non-hydrogen) atoms. The molecule has 3 aromatic carbocycles. The molecule has 4 rings (SSSR count). The minimum absolute atomic E-state index is 0.0163. The number of carbonyl (C=O) groups is 1. The molecule has 0 saturated heterocycles. The first-order valence-corrected chi connectivity index (χ1v) is 8.16. The van der Waals surface area contributed by atoms with Gasteiger partial charge < -0.3 is 5.32 Å². The summed E-state index contributed by atoms with van der Waals surface area (Å²) >= 11 is 0. The Morgan fingerprint density at radius 1 is 0.870 bits per heavy atom. The summed E-state index contributed by atoms with van der Waals surface area (Å²) in [5.74, 6) is 0.582. The number of nitrogens with one attached hydrogen (secondary N) is 1. The first-order valence-electron chi connectivity index (χ1n) is 8.16. The van der Waals surface area contributed by atoms with E-state index in [4.69, 9.17) is 0 Å². The van der Waals surface area contributed by atoms with Crippen molar-refractivity contribution in [2.24, 2.45) is 5.92 Å². The number of fused-ring (bicyclic) bond motifs is 1. The van der Waals surface area contributed by atoms with Crippen molar-refractivity contribution in [2.45, 2.75) is 18.9 Å². The fourth-order valence-corrected chi connectivity index (χ4v) is 3.21. The maximum absolute atomic E-state index is 12.9. The topological polar surface area (TPSA) is 29.1 Å². The van der Waals surface area contributed by atoms with Crippen LogP contribution in [0.3, 0.4) is 0 Å². The molecule has 1 atom stereocenters. The Labute approximate surface area is 136 Å². The molecule has 2 heteroatoms. The largest absolute Gasteiger partial charge is 0.345 e. The molecule has 114 valence electrons. The van der Waals surface area contributed by atoms with E-state index in [-0.39, 0.29) is 11.9 Å². The second kappa shape index (κ2) is 5.88. The first kappa shape index (κ1) is 14.0. The summed E-state index contributed by atoms with van der Waals surface area (Å²) in [7, 11) is 0. The number of carbonyl (C=O) groups excluding carboxylic acids is 1. The van der Waals surface area contributed by atoms with Gasteiger partial charge in [0.15, 0.2) is 0 Å². The Morgan fingerprint density at radius 3 is 2.35 bits per heavy atom. The third kappa shape index (κ3) is 2.85. The lowest BCUT2D eigenvalue weighted by molar-refractivity contribution is 0.0933. The molecule has 1 unspecified atom stereocenters. The van der Waals surface area contributed by atoms with Gasteiger partial charge in [0.05, 0.1) is 6.04 Å². The summed E-state index contributed by atoms with van der Waals surface area (Å²) in [5.41, 5.74) is 1.95. The van der Waals surface area contributed by atoms with Crippen molar-refractivity contribution in [1.29, 1.82) is 0 Å². The molecular formula is C21H19NO. The van der Waals surface area contributed by atoms with Crippen LogP contribution in [0.4, 0.5) is 0 Å². The maximum atomic E-state index is 12.9. The minimum Gasteiger partial charge on any atom is -0.345 e. The Morgan fingerprint density at radius 2 is 1.57 bits per heavy atom. The summed E-state index contributed by atoms with van der Waals surface area (Å²) in [5, 5.41) is 5.37. The van der Waals surface area contributed by atoms with Gasteiger partial charge in [-0.15, -0.1) is 0 Å². The summed E-state index contributed by atoms with van der Waals surface area (Å²) in [6.07, 6.45) is 2.38. The molecule has 0 heterocycles. The Balaban J connectivity index is 1.65. The van der Waals surface area contributed by atoms with Crippen LogP contribution >= 0.6 is 0 Å². The van der Waals surface area contributed by atoms with Crippen molar-refractivity contribution < 1.29 is 4.79 Å². The summed E-state index contributed by atoms with van der Waals surface area (Å²) in [6, 6.07) is 24.3. The van der Waals surface area contributed by atoms with Crippen LogP contribution in [0.2, 0.25) is 0 Å². The van der Waals surface area contributed by atoms with E-state index in [1.165, 1.54) is 18.4 Å². The van der Waals surface area contributed by atoms with Crippen molar-refractivity contribution in [1.82, 2.24) is 5.32 Å². The molecule has 0 radical (unpaired) electrons. The summed E-state index contributed by atoms with van der Waals surface area (Å²) in [4.78, 5) is 12.9. The highest BCUT2D eigenvalue weighted by Gasteiger charge is 2.33. The van der Waals surface area contributed by atoms with Crippen LogP contribution in [0.5, 0.6) is 0 Å². The van der Waals surface area contributed by atoms with Gasteiger partial charge in [-0.3, -0.25) is 4.79 Å². The van der Waals surface area contributed by atoms with Gasteiger partial charge in [0.2, 0.25) is 0 Å². The van der Waals surface area contributed by atoms with Crippen molar-refractivity contribution >= 4 is 16.7 Å². The highest BCUT2D eigenvalue weighted by atomic mass is 16.1. The van der Waals surface area contributed by atoms with E-state index < -0.39 is 0 Å². The lowest BCUT2D eigenvalue weighted by atomic mass is 10.00. The average molecular weight is 301 g/mol. The van der Waals surface area contributed by atoms with Crippen molar-refractivity contribution in [3.05, 3.63) is 83.9 Å². The lowest BCUT2D eigenvalue weighted by Crippen LogP contribution is -2.30. The lowest BCUT2D eigenvalue weighted by Gasteiger charge is -2.19. The molecule has 3 aromatic rings. The zero-order chi connectivity index (χ0) is 15.6. The van der Waals surface area contributed by atoms with Crippen LogP contribution in [0.1, 0.15) is 34.8 Å². The smallest absolute Gasteiger partial charge is 0.252 e. The zero-order valence-corrected chi connectivity index (χ0v) is 12.9. The zero-order valence-electron chi connectivity index (χ0n) is 12.9. The van der Waals surface area contributed by atoms with Gasteiger partial charge in [0, 0.05) is 5.56 Å². The summed E-state index contributed by atoms with van der Waals surface area (Å²) in [6.45, 7) is 0. The predicted octanol–water partition coefficient (Wildman–Crippen LogP) is 4.72. The molecule has 1 fully saturated rings. The molecular weight excluding hydrogens is 282 g/mol. The number of hydrogen-bond acceptors (Lipinski definition) is 1. The van der Waals surface area contributed by atoms with Crippen LogP contribution in [-0.4, -0.2) is 5.91 Å². The van der Waals surface area contributed by atoms with E-state index in [1.807, 2.05) is 60.7 Å². The monoisotopic (exact) mass is 301 g/mol. The highest BCUT2D eigenvalue weighted by molar-refractivity contribution is 6.07. The van der Waals surface area contributed by atoms with Crippen LogP contribution in [0.15, 0.2) is 72.8 Å². The normalized spacial score (nSPS) is 15.3. The number of rotatable bonds is 4. The third-order valence-corrected chi connectivity index (χ3v) is 4.57. The quantitative estimate of drug-likeness (QED) is 0.742. The Kier molecular flexibility index (Phi) is 3.58. The van der Waals surface area contributed by atoms with Crippen LogP contribution in [0.25, 0.3) is 10.8 Å². The first-order chi connectivity index (χ1) is 11.3. The van der Waals surface area contributed by atoms with Crippen LogP contribution < -0.4 is 5.32 Å². The molecule has 1 aliphatic rings. The number of amides is 1. The SMILES string of the molecule is O=C(NC(c1ccccc1)C1CC1)c1cccc2ccccc12. The van der Waals surface area contributed by atoms with Crippen molar-refractivity contribution in [2.75, 3.05) is 0 Å². The summed E-state index contributed by atoms with van der Waals surface area (Å²) < 4.78 is 0. The third-order valence-electron chi connectivity index (χ3n) is 4.57. The van der Waals surface area contributed by atoms with Gasteiger partial charge in [-0.2, -0.15) is 0 Å². The molecule has 1 aliphatic carbocycles. The van der Waals surface area contributed by atoms with E-state index in [0.29, 0.717) is 5.92 Å². The van der Waals surface area contributed by atoms with E-state index >= 15 is 0 Å². The van der Waals surface area contributed by atoms with Crippen LogP contribution in [0, 0.1) is 5.92 Å². The Hall–Kier alpha value is -2.61. The van der Waals surface area contributed by atoms with Crippen molar-refractivity contribution in [3.8, 4) is 0 Å². The fourth-order valence-electron chi connectivity index (χ4n) is 3.21. The van der Waals surface area contributed by atoms with E-state index in [1.54, 1.807) is 0 Å². The average Bonchev–Trinajstić information content (AvgIpc) is 3.44. The fraction of sp³-hybridized carbons (Fsp3) is 0.190. The van der Waals surface area contributed by atoms with E-state index in [0.717, 1.165) is 16.3 Å². The second-order valence-corrected chi connectivity index (χ2v) is 6.23. The van der Waals surface area contributed by atoms with Gasteiger partial charge in [0.1, 0.15) is 0 Å². The van der Waals surface area contributed by atoms with E-state index in [2.05, 4.69) is 17.4 Å². The molecule has 0 spiro atoms. The predicted molar refractivity (Wildman–Crippen MR) is 93.3 cm³/mol. The van der Waals surface area contributed by atoms with Gasteiger partial charge in [-0.05, 0) is 41.2 Å². The Bertz CT molecular complexity index is 831. The standard InChI is InChI=1S/C21H19NO/c23-21(19-12-6-10-15-7-4-5-11-18(15)19)22-20(17-13-14-17)16-8-2-1-3-9-16/h1-12,17,20H,13-14H2,(H,22,23). The molecule has 2 nitrogen and oxygen atoms in total. The maximum Gasteiger partial charge on any atom is 0.252 e. The molecule has 0 aliphatic heterocycles. The molecule has 1 amide bonds. The van der Waals surface area contributed by atoms with Gasteiger partial charge >= 0.3 is 0 Å². The van der Waals surface area contributed by atoms with E-state index in [9.17, 15) is 4.79 Å².